The van der Waals surface area contributed by atoms with Crippen LogP contribution in [0.1, 0.15) is 31.7 Å². The van der Waals surface area contributed by atoms with Crippen LogP contribution < -0.4 is 11.5 Å². The summed E-state index contributed by atoms with van der Waals surface area (Å²) in [5.74, 6) is 0.0206. The van der Waals surface area contributed by atoms with Crippen LogP contribution in [-0.4, -0.2) is 36.5 Å². The molecule has 0 radical (unpaired) electrons. The molecule has 132 valence electrons. The van der Waals surface area contributed by atoms with Crippen LogP contribution in [0.2, 0.25) is 0 Å². The van der Waals surface area contributed by atoms with Gasteiger partial charge in [0.1, 0.15) is 0 Å². The summed E-state index contributed by atoms with van der Waals surface area (Å²) in [6.07, 6.45) is 6.55. The molecule has 0 unspecified atom stereocenters. The van der Waals surface area contributed by atoms with Gasteiger partial charge in [-0.3, -0.25) is 4.79 Å². The number of nitrogens with two attached hydrogens (primary N) is 2. The first-order valence-corrected chi connectivity index (χ1v) is 7.65. The summed E-state index contributed by atoms with van der Waals surface area (Å²) in [5.41, 5.74) is 12.5. The topological polar surface area (TPSA) is 72.3 Å². The molecule has 23 heavy (non-hydrogen) atoms. The van der Waals surface area contributed by atoms with E-state index in [1.54, 1.807) is 4.90 Å². The maximum Gasteiger partial charge on any atom is 0.239 e. The van der Waals surface area contributed by atoms with Crippen LogP contribution >= 0.6 is 24.8 Å². The largest absolute Gasteiger partial charge is 0.338 e. The third-order valence-corrected chi connectivity index (χ3v) is 3.42. The molecule has 1 aromatic rings. The van der Waals surface area contributed by atoms with Gasteiger partial charge in [0.2, 0.25) is 5.91 Å². The molecule has 6 heteroatoms. The van der Waals surface area contributed by atoms with Gasteiger partial charge in [-0.05, 0) is 31.9 Å². The van der Waals surface area contributed by atoms with Crippen molar-refractivity contribution in [3.8, 4) is 0 Å². The second-order valence-corrected chi connectivity index (χ2v) is 5.08. The minimum Gasteiger partial charge on any atom is -0.338 e. The number of rotatable bonds is 9. The number of likely N-dealkylation sites (N-methyl/N-ethyl adjacent to an activating group) is 1. The van der Waals surface area contributed by atoms with Gasteiger partial charge in [0.25, 0.3) is 0 Å². The minimum absolute atomic E-state index is 0. The third-order valence-electron chi connectivity index (χ3n) is 3.42. The number of nitrogens with zero attached hydrogens (tertiary/aromatic N) is 1. The van der Waals surface area contributed by atoms with Crippen molar-refractivity contribution in [3.05, 3.63) is 42.0 Å². The number of benzene rings is 1. The SMILES string of the molecule is CCN(C/C=C/c1ccccc1)C(=O)[C@@H](N)CCCCN.Cl.Cl. The van der Waals surface area contributed by atoms with Crippen LogP contribution in [0, 0.1) is 0 Å². The van der Waals surface area contributed by atoms with Crippen molar-refractivity contribution in [1.29, 1.82) is 0 Å². The van der Waals surface area contributed by atoms with E-state index in [1.165, 1.54) is 0 Å². The fraction of sp³-hybridized carbons (Fsp3) is 0.471. The number of amides is 1. The first kappa shape index (κ1) is 24.2. The van der Waals surface area contributed by atoms with Crippen LogP contribution in [0.5, 0.6) is 0 Å². The molecular weight excluding hydrogens is 333 g/mol. The summed E-state index contributed by atoms with van der Waals surface area (Å²) >= 11 is 0. The molecule has 0 aliphatic carbocycles. The van der Waals surface area contributed by atoms with Gasteiger partial charge in [-0.2, -0.15) is 0 Å². The average molecular weight is 362 g/mol. The molecule has 4 N–H and O–H groups in total. The number of hydrogen-bond donors (Lipinski definition) is 2. The van der Waals surface area contributed by atoms with Crippen molar-refractivity contribution in [1.82, 2.24) is 4.90 Å². The molecule has 1 aromatic carbocycles. The highest BCUT2D eigenvalue weighted by molar-refractivity contribution is 5.85. The highest BCUT2D eigenvalue weighted by Crippen LogP contribution is 2.05. The highest BCUT2D eigenvalue weighted by Gasteiger charge is 2.18. The van der Waals surface area contributed by atoms with Crippen molar-refractivity contribution < 1.29 is 4.79 Å². The predicted molar refractivity (Wildman–Crippen MR) is 103 cm³/mol. The Balaban J connectivity index is 0. The number of carbonyl (C=O) groups excluding carboxylic acids is 1. The maximum atomic E-state index is 12.2. The molecule has 0 aliphatic rings. The smallest absolute Gasteiger partial charge is 0.239 e. The molecular formula is C17H29Cl2N3O. The van der Waals surface area contributed by atoms with Crippen LogP contribution in [0.3, 0.4) is 0 Å². The lowest BCUT2D eigenvalue weighted by Gasteiger charge is -2.23. The van der Waals surface area contributed by atoms with Gasteiger partial charge >= 0.3 is 0 Å². The second kappa shape index (κ2) is 14.5. The molecule has 0 aliphatic heterocycles. The van der Waals surface area contributed by atoms with E-state index in [9.17, 15) is 4.79 Å². The number of carbonyl (C=O) groups is 1. The standard InChI is InChI=1S/C17H27N3O.2ClH/c1-2-20(17(21)16(19)12-6-7-13-18)14-8-11-15-9-4-3-5-10-15;;/h3-5,8-11,16H,2,6-7,12-14,18-19H2,1H3;2*1H/b11-8+;;/t16-;;/m0../s1. The lowest BCUT2D eigenvalue weighted by Crippen LogP contribution is -2.43. The van der Waals surface area contributed by atoms with Crippen molar-refractivity contribution >= 4 is 36.8 Å². The van der Waals surface area contributed by atoms with E-state index in [1.807, 2.05) is 49.4 Å². The molecule has 0 bridgehead atoms. The average Bonchev–Trinajstić information content (AvgIpc) is 2.52. The normalized spacial score (nSPS) is 11.4. The van der Waals surface area contributed by atoms with Crippen molar-refractivity contribution in [2.75, 3.05) is 19.6 Å². The molecule has 1 atom stereocenters. The Bertz CT molecular complexity index is 441. The van der Waals surface area contributed by atoms with Crippen LogP contribution in [0.4, 0.5) is 0 Å². The Labute approximate surface area is 152 Å². The van der Waals surface area contributed by atoms with Gasteiger partial charge < -0.3 is 16.4 Å². The zero-order valence-electron chi connectivity index (χ0n) is 13.7. The molecule has 1 amide bonds. The van der Waals surface area contributed by atoms with E-state index >= 15 is 0 Å². The van der Waals surface area contributed by atoms with Crippen LogP contribution in [-0.2, 0) is 4.79 Å². The number of hydrogen-bond acceptors (Lipinski definition) is 3. The molecule has 0 heterocycles. The monoisotopic (exact) mass is 361 g/mol. The molecule has 0 saturated carbocycles. The third kappa shape index (κ3) is 9.61. The Hall–Kier alpha value is -1.07. The van der Waals surface area contributed by atoms with Gasteiger partial charge in [-0.1, -0.05) is 48.9 Å². The van der Waals surface area contributed by atoms with Crippen LogP contribution in [0.15, 0.2) is 36.4 Å². The summed E-state index contributed by atoms with van der Waals surface area (Å²) in [7, 11) is 0. The molecule has 0 saturated heterocycles. The number of halogens is 2. The van der Waals surface area contributed by atoms with E-state index in [-0.39, 0.29) is 30.7 Å². The lowest BCUT2D eigenvalue weighted by atomic mass is 10.1. The van der Waals surface area contributed by atoms with Crippen LogP contribution in [0.25, 0.3) is 6.08 Å². The number of unbranched alkanes of at least 4 members (excludes halogenated alkanes) is 1. The zero-order valence-corrected chi connectivity index (χ0v) is 15.3. The van der Waals surface area contributed by atoms with Crippen molar-refractivity contribution in [2.45, 2.75) is 32.2 Å². The maximum absolute atomic E-state index is 12.2. The van der Waals surface area contributed by atoms with Crippen molar-refractivity contribution in [2.24, 2.45) is 11.5 Å². The van der Waals surface area contributed by atoms with Gasteiger partial charge in [0.15, 0.2) is 0 Å². The fourth-order valence-electron chi connectivity index (χ4n) is 2.12. The quantitative estimate of drug-likeness (QED) is 0.664. The molecule has 0 spiro atoms. The Kier molecular flexibility index (Phi) is 15.3. The Morgan fingerprint density at radius 1 is 1.22 bits per heavy atom. The second-order valence-electron chi connectivity index (χ2n) is 5.08. The first-order chi connectivity index (χ1) is 10.2. The molecule has 0 aromatic heterocycles. The summed E-state index contributed by atoms with van der Waals surface area (Å²) < 4.78 is 0. The summed E-state index contributed by atoms with van der Waals surface area (Å²) in [6.45, 7) is 3.89. The van der Waals surface area contributed by atoms with E-state index in [2.05, 4.69) is 0 Å². The summed E-state index contributed by atoms with van der Waals surface area (Å²) in [6, 6.07) is 9.63. The molecule has 1 rings (SSSR count). The fourth-order valence-corrected chi connectivity index (χ4v) is 2.12. The van der Waals surface area contributed by atoms with E-state index in [4.69, 9.17) is 11.5 Å². The zero-order chi connectivity index (χ0) is 15.5. The van der Waals surface area contributed by atoms with Gasteiger partial charge in [0, 0.05) is 13.1 Å². The van der Waals surface area contributed by atoms with Gasteiger partial charge in [-0.15, -0.1) is 24.8 Å². The lowest BCUT2D eigenvalue weighted by molar-refractivity contribution is -0.132. The van der Waals surface area contributed by atoms with E-state index in [0.29, 0.717) is 26.1 Å². The molecule has 0 fully saturated rings. The first-order valence-electron chi connectivity index (χ1n) is 7.65. The predicted octanol–water partition coefficient (Wildman–Crippen LogP) is 2.85. The Morgan fingerprint density at radius 2 is 1.87 bits per heavy atom. The van der Waals surface area contributed by atoms with Gasteiger partial charge in [-0.25, -0.2) is 0 Å². The molecule has 4 nitrogen and oxygen atoms in total. The van der Waals surface area contributed by atoms with E-state index < -0.39 is 6.04 Å². The highest BCUT2D eigenvalue weighted by atomic mass is 35.5. The summed E-state index contributed by atoms with van der Waals surface area (Å²) in [4.78, 5) is 14.0. The minimum atomic E-state index is -0.415. The van der Waals surface area contributed by atoms with E-state index in [0.717, 1.165) is 18.4 Å². The van der Waals surface area contributed by atoms with Crippen molar-refractivity contribution in [3.63, 3.8) is 0 Å². The Morgan fingerprint density at radius 3 is 2.43 bits per heavy atom. The van der Waals surface area contributed by atoms with Gasteiger partial charge in [0.05, 0.1) is 6.04 Å². The summed E-state index contributed by atoms with van der Waals surface area (Å²) in [5, 5.41) is 0.